The summed E-state index contributed by atoms with van der Waals surface area (Å²) in [6, 6.07) is 5.13. The van der Waals surface area contributed by atoms with Gasteiger partial charge in [-0.05, 0) is 12.1 Å². The monoisotopic (exact) mass is 261 g/mol. The van der Waals surface area contributed by atoms with Crippen LogP contribution in [-0.2, 0) is 4.84 Å². The number of hydrogen-bond acceptors (Lipinski definition) is 3. The lowest BCUT2D eigenvalue weighted by molar-refractivity contribution is -0.120. The number of amides is 1. The standard InChI is InChI=1S/C10H10F3N3O2/c1-18-16-9(15-10(11,12)13)7-4-2-6(3-5-7)8(14)17/h2-5H,1H3,(H2,14,17)(H,15,16). The van der Waals surface area contributed by atoms with E-state index < -0.39 is 18.0 Å². The molecule has 5 nitrogen and oxygen atoms in total. The van der Waals surface area contributed by atoms with Crippen molar-refractivity contribution in [1.29, 1.82) is 0 Å². The van der Waals surface area contributed by atoms with Gasteiger partial charge in [0.05, 0.1) is 7.11 Å². The van der Waals surface area contributed by atoms with Gasteiger partial charge in [0.2, 0.25) is 5.91 Å². The number of amidine groups is 1. The molecule has 0 aliphatic heterocycles. The first kappa shape index (κ1) is 14.0. The molecule has 0 heterocycles. The SMILES string of the molecule is CONC(=NC(F)(F)F)c1ccc(C(N)=O)cc1. The van der Waals surface area contributed by atoms with Gasteiger partial charge in [0.1, 0.15) is 0 Å². The third-order valence-corrected chi connectivity index (χ3v) is 1.88. The van der Waals surface area contributed by atoms with Crippen LogP contribution in [0.2, 0.25) is 0 Å². The van der Waals surface area contributed by atoms with Crippen LogP contribution in [0.15, 0.2) is 29.3 Å². The molecule has 18 heavy (non-hydrogen) atoms. The van der Waals surface area contributed by atoms with E-state index in [1.165, 1.54) is 24.3 Å². The highest BCUT2D eigenvalue weighted by Crippen LogP contribution is 2.17. The van der Waals surface area contributed by atoms with Gasteiger partial charge in [0, 0.05) is 11.1 Å². The molecular formula is C10H10F3N3O2. The quantitative estimate of drug-likeness (QED) is 0.371. The molecule has 8 heteroatoms. The zero-order valence-electron chi connectivity index (χ0n) is 9.28. The first-order chi connectivity index (χ1) is 8.33. The van der Waals surface area contributed by atoms with Gasteiger partial charge in [-0.25, -0.2) is 5.48 Å². The van der Waals surface area contributed by atoms with Crippen molar-refractivity contribution in [3.05, 3.63) is 35.4 Å². The Kier molecular flexibility index (Phi) is 4.27. The highest BCUT2D eigenvalue weighted by molar-refractivity contribution is 5.99. The number of hydroxylamine groups is 1. The van der Waals surface area contributed by atoms with E-state index in [4.69, 9.17) is 5.73 Å². The first-order valence-corrected chi connectivity index (χ1v) is 4.69. The van der Waals surface area contributed by atoms with Gasteiger partial charge in [-0.2, -0.15) is 4.99 Å². The Bertz CT molecular complexity index is 454. The van der Waals surface area contributed by atoms with Crippen molar-refractivity contribution in [2.45, 2.75) is 6.30 Å². The van der Waals surface area contributed by atoms with Crippen molar-refractivity contribution in [3.8, 4) is 0 Å². The Balaban J connectivity index is 3.07. The normalized spacial score (nSPS) is 12.3. The topological polar surface area (TPSA) is 76.7 Å². The van der Waals surface area contributed by atoms with Crippen LogP contribution >= 0.6 is 0 Å². The van der Waals surface area contributed by atoms with E-state index in [0.717, 1.165) is 7.11 Å². The first-order valence-electron chi connectivity index (χ1n) is 4.69. The van der Waals surface area contributed by atoms with Gasteiger partial charge in [0.15, 0.2) is 5.84 Å². The van der Waals surface area contributed by atoms with Crippen molar-refractivity contribution < 1.29 is 22.8 Å². The molecule has 0 aliphatic carbocycles. The Morgan fingerprint density at radius 3 is 2.17 bits per heavy atom. The van der Waals surface area contributed by atoms with Crippen molar-refractivity contribution in [2.24, 2.45) is 10.7 Å². The number of rotatable bonds is 3. The zero-order chi connectivity index (χ0) is 13.8. The third-order valence-electron chi connectivity index (χ3n) is 1.88. The van der Waals surface area contributed by atoms with E-state index in [2.05, 4.69) is 9.83 Å². The lowest BCUT2D eigenvalue weighted by Gasteiger charge is -2.09. The Hall–Kier alpha value is -2.09. The number of benzene rings is 1. The van der Waals surface area contributed by atoms with E-state index in [1.54, 1.807) is 0 Å². The van der Waals surface area contributed by atoms with E-state index in [-0.39, 0.29) is 11.1 Å². The average molecular weight is 261 g/mol. The largest absolute Gasteiger partial charge is 0.505 e. The Morgan fingerprint density at radius 1 is 1.28 bits per heavy atom. The van der Waals surface area contributed by atoms with Gasteiger partial charge in [-0.1, -0.05) is 12.1 Å². The minimum atomic E-state index is -4.73. The van der Waals surface area contributed by atoms with Crippen LogP contribution < -0.4 is 11.2 Å². The molecule has 1 amide bonds. The van der Waals surface area contributed by atoms with Crippen molar-refractivity contribution >= 4 is 11.7 Å². The minimum Gasteiger partial charge on any atom is -0.366 e. The lowest BCUT2D eigenvalue weighted by Crippen LogP contribution is -2.26. The molecule has 0 spiro atoms. The summed E-state index contributed by atoms with van der Waals surface area (Å²) in [5, 5.41) is 0. The van der Waals surface area contributed by atoms with Crippen LogP contribution in [0.4, 0.5) is 13.2 Å². The van der Waals surface area contributed by atoms with Crippen molar-refractivity contribution in [2.75, 3.05) is 7.11 Å². The number of nitrogens with zero attached hydrogens (tertiary/aromatic N) is 1. The van der Waals surface area contributed by atoms with Crippen LogP contribution in [-0.4, -0.2) is 25.2 Å². The number of carbonyl (C=O) groups excluding carboxylic acids is 1. The summed E-state index contributed by atoms with van der Waals surface area (Å²) in [4.78, 5) is 17.7. The molecule has 0 radical (unpaired) electrons. The second-order valence-electron chi connectivity index (χ2n) is 3.18. The van der Waals surface area contributed by atoms with Gasteiger partial charge < -0.3 is 5.73 Å². The minimum absolute atomic E-state index is 0.110. The molecule has 0 bridgehead atoms. The van der Waals surface area contributed by atoms with E-state index >= 15 is 0 Å². The molecule has 0 saturated carbocycles. The van der Waals surface area contributed by atoms with Gasteiger partial charge in [-0.3, -0.25) is 9.63 Å². The van der Waals surface area contributed by atoms with E-state index in [0.29, 0.717) is 0 Å². The highest BCUT2D eigenvalue weighted by atomic mass is 19.4. The van der Waals surface area contributed by atoms with Gasteiger partial charge >= 0.3 is 6.30 Å². The van der Waals surface area contributed by atoms with Crippen LogP contribution in [0.25, 0.3) is 0 Å². The number of aliphatic imine (C=N–C) groups is 1. The number of nitrogens with one attached hydrogen (secondary N) is 1. The fourth-order valence-corrected chi connectivity index (χ4v) is 1.16. The number of primary amides is 1. The maximum Gasteiger partial charge on any atom is 0.505 e. The van der Waals surface area contributed by atoms with Gasteiger partial charge in [-0.15, -0.1) is 13.2 Å². The fourth-order valence-electron chi connectivity index (χ4n) is 1.16. The fraction of sp³-hybridized carbons (Fsp3) is 0.200. The highest BCUT2D eigenvalue weighted by Gasteiger charge is 2.27. The molecule has 1 aromatic carbocycles. The number of nitrogens with two attached hydrogens (primary N) is 1. The molecule has 0 aromatic heterocycles. The molecular weight excluding hydrogens is 251 g/mol. The van der Waals surface area contributed by atoms with Crippen LogP contribution in [0.3, 0.4) is 0 Å². The van der Waals surface area contributed by atoms with Gasteiger partial charge in [0.25, 0.3) is 0 Å². The second-order valence-corrected chi connectivity index (χ2v) is 3.18. The van der Waals surface area contributed by atoms with E-state index in [1.807, 2.05) is 5.48 Å². The lowest BCUT2D eigenvalue weighted by atomic mass is 10.1. The van der Waals surface area contributed by atoms with Crippen molar-refractivity contribution in [3.63, 3.8) is 0 Å². The average Bonchev–Trinajstić information content (AvgIpc) is 2.27. The molecule has 0 unspecified atom stereocenters. The molecule has 0 saturated heterocycles. The zero-order valence-corrected chi connectivity index (χ0v) is 9.28. The number of carbonyl (C=O) groups is 1. The summed E-state index contributed by atoms with van der Waals surface area (Å²) in [5.41, 5.74) is 7.32. The Labute approximate surface area is 100 Å². The second kappa shape index (κ2) is 5.50. The predicted molar refractivity (Wildman–Crippen MR) is 57.7 cm³/mol. The maximum atomic E-state index is 12.2. The maximum absolute atomic E-state index is 12.2. The molecule has 0 fully saturated rings. The molecule has 3 N–H and O–H groups in total. The number of hydrogen-bond donors (Lipinski definition) is 2. The predicted octanol–water partition coefficient (Wildman–Crippen LogP) is 1.20. The Morgan fingerprint density at radius 2 is 1.78 bits per heavy atom. The molecule has 0 atom stereocenters. The van der Waals surface area contributed by atoms with Crippen molar-refractivity contribution in [1.82, 2.24) is 5.48 Å². The summed E-state index contributed by atoms with van der Waals surface area (Å²) in [6.07, 6.45) is -4.73. The number of alkyl halides is 3. The molecule has 1 rings (SSSR count). The summed E-state index contributed by atoms with van der Waals surface area (Å²) < 4.78 is 36.5. The molecule has 0 aliphatic rings. The molecule has 1 aromatic rings. The summed E-state index contributed by atoms with van der Waals surface area (Å²) in [5.74, 6) is -1.18. The number of halogens is 3. The van der Waals surface area contributed by atoms with Crippen LogP contribution in [0.5, 0.6) is 0 Å². The van der Waals surface area contributed by atoms with E-state index in [9.17, 15) is 18.0 Å². The van der Waals surface area contributed by atoms with Crippen LogP contribution in [0.1, 0.15) is 15.9 Å². The van der Waals surface area contributed by atoms with Crippen LogP contribution in [0, 0.1) is 0 Å². The third kappa shape index (κ3) is 4.06. The molecule has 98 valence electrons. The smallest absolute Gasteiger partial charge is 0.366 e. The summed E-state index contributed by atoms with van der Waals surface area (Å²) in [7, 11) is 1.16. The summed E-state index contributed by atoms with van der Waals surface area (Å²) in [6.45, 7) is 0. The summed E-state index contributed by atoms with van der Waals surface area (Å²) >= 11 is 0.